The summed E-state index contributed by atoms with van der Waals surface area (Å²) in [5, 5.41) is 0.225. The lowest BCUT2D eigenvalue weighted by Gasteiger charge is -2.50. The number of pyridine rings is 1. The van der Waals surface area contributed by atoms with E-state index in [-0.39, 0.29) is 16.9 Å². The fourth-order valence-electron chi connectivity index (χ4n) is 2.02. The van der Waals surface area contributed by atoms with Crippen LogP contribution in [0.25, 0.3) is 0 Å². The van der Waals surface area contributed by atoms with Gasteiger partial charge in [-0.25, -0.2) is 0 Å². The van der Waals surface area contributed by atoms with Crippen LogP contribution in [-0.2, 0) is 0 Å². The number of alkyl halides is 1. The molecule has 3 atom stereocenters. The highest BCUT2D eigenvalue weighted by Gasteiger charge is 2.51. The lowest BCUT2D eigenvalue weighted by atomic mass is 9.65. The Bertz CT molecular complexity index is 387. The zero-order chi connectivity index (χ0) is 11.8. The third-order valence-corrected chi connectivity index (χ3v) is 4.70. The van der Waals surface area contributed by atoms with E-state index < -0.39 is 0 Å². The van der Waals surface area contributed by atoms with Gasteiger partial charge in [-0.3, -0.25) is 4.98 Å². The molecule has 2 nitrogen and oxygen atoms in total. The third kappa shape index (κ3) is 2.07. The van der Waals surface area contributed by atoms with Crippen LogP contribution in [0.5, 0.6) is 5.75 Å². The highest BCUT2D eigenvalue weighted by molar-refractivity contribution is 9.10. The fraction of sp³-hybridized carbons (Fsp3) is 0.583. The highest BCUT2D eigenvalue weighted by Crippen LogP contribution is 2.49. The molecule has 16 heavy (non-hydrogen) atoms. The van der Waals surface area contributed by atoms with Gasteiger partial charge in [0.2, 0.25) is 0 Å². The number of hydrogen-bond acceptors (Lipinski definition) is 2. The molecule has 0 aliphatic heterocycles. The number of rotatable bonds is 3. The first-order chi connectivity index (χ1) is 7.56. The van der Waals surface area contributed by atoms with Crippen molar-refractivity contribution < 1.29 is 4.74 Å². The molecule has 1 aromatic rings. The van der Waals surface area contributed by atoms with Crippen LogP contribution in [0.15, 0.2) is 22.9 Å². The van der Waals surface area contributed by atoms with Gasteiger partial charge in [0.05, 0.1) is 6.20 Å². The Morgan fingerprint density at radius 3 is 2.94 bits per heavy atom. The molecule has 2 rings (SSSR count). The van der Waals surface area contributed by atoms with Crippen molar-refractivity contribution in [3.63, 3.8) is 0 Å². The molecule has 1 heterocycles. The van der Waals surface area contributed by atoms with E-state index in [0.717, 1.165) is 23.1 Å². The highest BCUT2D eigenvalue weighted by atomic mass is 79.9. The normalized spacial score (nSPS) is 33.2. The SMILES string of the molecule is CCC1(C)C(Cl)CC1Oc1cncc(Br)c1. The third-order valence-electron chi connectivity index (χ3n) is 3.59. The summed E-state index contributed by atoms with van der Waals surface area (Å²) in [6, 6.07) is 1.94. The van der Waals surface area contributed by atoms with Crippen LogP contribution in [0.3, 0.4) is 0 Å². The zero-order valence-electron chi connectivity index (χ0n) is 9.41. The van der Waals surface area contributed by atoms with Gasteiger partial charge in [-0.1, -0.05) is 13.8 Å². The molecule has 0 amide bonds. The minimum atomic E-state index is 0.0872. The lowest BCUT2D eigenvalue weighted by molar-refractivity contribution is -0.0297. The van der Waals surface area contributed by atoms with Gasteiger partial charge in [0.25, 0.3) is 0 Å². The average Bonchev–Trinajstić information content (AvgIpc) is 2.27. The Balaban J connectivity index is 2.06. The van der Waals surface area contributed by atoms with Crippen molar-refractivity contribution in [3.05, 3.63) is 22.9 Å². The summed E-state index contributed by atoms with van der Waals surface area (Å²) >= 11 is 9.62. The molecule has 0 N–H and O–H groups in total. The summed E-state index contributed by atoms with van der Waals surface area (Å²) in [6.07, 6.45) is 5.64. The second-order valence-corrected chi connectivity index (χ2v) is 5.95. The molecule has 88 valence electrons. The number of halogens is 2. The molecule has 0 spiro atoms. The molecule has 1 aromatic heterocycles. The summed E-state index contributed by atoms with van der Waals surface area (Å²) in [4.78, 5) is 4.08. The van der Waals surface area contributed by atoms with Crippen molar-refractivity contribution in [2.75, 3.05) is 0 Å². The largest absolute Gasteiger partial charge is 0.488 e. The van der Waals surface area contributed by atoms with E-state index in [9.17, 15) is 0 Å². The standard InChI is InChI=1S/C12H15BrClNO/c1-3-12(2)10(14)5-11(12)16-9-4-8(13)6-15-7-9/h4,6-7,10-11H,3,5H2,1-2H3. The Morgan fingerprint density at radius 1 is 1.62 bits per heavy atom. The Hall–Kier alpha value is -0.280. The summed E-state index contributed by atoms with van der Waals surface area (Å²) in [7, 11) is 0. The summed E-state index contributed by atoms with van der Waals surface area (Å²) in [6.45, 7) is 4.34. The van der Waals surface area contributed by atoms with E-state index in [2.05, 4.69) is 34.8 Å². The molecule has 4 heteroatoms. The molecule has 0 radical (unpaired) electrons. The van der Waals surface area contributed by atoms with Crippen LogP contribution >= 0.6 is 27.5 Å². The van der Waals surface area contributed by atoms with Gasteiger partial charge >= 0.3 is 0 Å². The van der Waals surface area contributed by atoms with E-state index in [1.807, 2.05) is 6.07 Å². The van der Waals surface area contributed by atoms with E-state index in [4.69, 9.17) is 16.3 Å². The van der Waals surface area contributed by atoms with E-state index in [0.29, 0.717) is 0 Å². The first-order valence-electron chi connectivity index (χ1n) is 5.47. The van der Waals surface area contributed by atoms with E-state index in [1.165, 1.54) is 0 Å². The number of nitrogens with zero attached hydrogens (tertiary/aromatic N) is 1. The van der Waals surface area contributed by atoms with Crippen molar-refractivity contribution in [2.24, 2.45) is 5.41 Å². The summed E-state index contributed by atoms with van der Waals surface area (Å²) < 4.78 is 6.87. The molecular formula is C12H15BrClNO. The van der Waals surface area contributed by atoms with Gasteiger partial charge in [-0.2, -0.15) is 0 Å². The molecule has 1 saturated carbocycles. The molecule has 0 aromatic carbocycles. The second-order valence-electron chi connectivity index (χ2n) is 4.51. The van der Waals surface area contributed by atoms with Crippen molar-refractivity contribution in [1.82, 2.24) is 4.98 Å². The van der Waals surface area contributed by atoms with Crippen LogP contribution < -0.4 is 4.74 Å². The molecule has 0 bridgehead atoms. The number of hydrogen-bond donors (Lipinski definition) is 0. The molecular weight excluding hydrogens is 289 g/mol. The smallest absolute Gasteiger partial charge is 0.139 e. The van der Waals surface area contributed by atoms with E-state index >= 15 is 0 Å². The topological polar surface area (TPSA) is 22.1 Å². The van der Waals surface area contributed by atoms with Crippen molar-refractivity contribution in [2.45, 2.75) is 38.2 Å². The maximum Gasteiger partial charge on any atom is 0.139 e. The van der Waals surface area contributed by atoms with Gasteiger partial charge in [0.1, 0.15) is 11.9 Å². The van der Waals surface area contributed by atoms with Gasteiger partial charge in [-0.15, -0.1) is 11.6 Å². The summed E-state index contributed by atoms with van der Waals surface area (Å²) in [5.41, 5.74) is 0.0872. The van der Waals surface area contributed by atoms with Crippen molar-refractivity contribution in [1.29, 1.82) is 0 Å². The maximum absolute atomic E-state index is 6.24. The molecule has 3 unspecified atom stereocenters. The first-order valence-corrected chi connectivity index (χ1v) is 6.70. The first kappa shape index (κ1) is 12.2. The quantitative estimate of drug-likeness (QED) is 0.787. The van der Waals surface area contributed by atoms with Crippen LogP contribution in [0, 0.1) is 5.41 Å². The van der Waals surface area contributed by atoms with Crippen LogP contribution in [0.2, 0.25) is 0 Å². The molecule has 0 saturated heterocycles. The van der Waals surface area contributed by atoms with Crippen molar-refractivity contribution in [3.8, 4) is 5.75 Å². The Labute approximate surface area is 109 Å². The minimum absolute atomic E-state index is 0.0872. The predicted molar refractivity (Wildman–Crippen MR) is 69.0 cm³/mol. The minimum Gasteiger partial charge on any atom is -0.488 e. The predicted octanol–water partition coefficient (Wildman–Crippen LogP) is 4.02. The van der Waals surface area contributed by atoms with Crippen molar-refractivity contribution >= 4 is 27.5 Å². The zero-order valence-corrected chi connectivity index (χ0v) is 11.8. The van der Waals surface area contributed by atoms with Gasteiger partial charge in [-0.05, 0) is 28.4 Å². The average molecular weight is 305 g/mol. The number of aromatic nitrogens is 1. The van der Waals surface area contributed by atoms with Gasteiger partial charge in [0.15, 0.2) is 0 Å². The monoisotopic (exact) mass is 303 g/mol. The number of ether oxygens (including phenoxy) is 1. The molecule has 1 aliphatic rings. The Kier molecular flexibility index (Phi) is 3.45. The Morgan fingerprint density at radius 2 is 2.38 bits per heavy atom. The molecule has 1 fully saturated rings. The second kappa shape index (κ2) is 4.53. The van der Waals surface area contributed by atoms with Crippen LogP contribution in [-0.4, -0.2) is 16.5 Å². The fourth-order valence-corrected chi connectivity index (χ4v) is 2.82. The van der Waals surface area contributed by atoms with Gasteiger partial charge < -0.3 is 4.74 Å². The molecule has 1 aliphatic carbocycles. The van der Waals surface area contributed by atoms with E-state index in [1.54, 1.807) is 12.4 Å². The lowest BCUT2D eigenvalue weighted by Crippen LogP contribution is -2.55. The van der Waals surface area contributed by atoms with Crippen LogP contribution in [0.4, 0.5) is 0 Å². The summed E-state index contributed by atoms with van der Waals surface area (Å²) in [5.74, 6) is 0.808. The van der Waals surface area contributed by atoms with Crippen LogP contribution in [0.1, 0.15) is 26.7 Å². The maximum atomic E-state index is 6.24. The van der Waals surface area contributed by atoms with Gasteiger partial charge in [0, 0.05) is 27.9 Å².